The van der Waals surface area contributed by atoms with Crippen molar-refractivity contribution in [2.24, 2.45) is 0 Å². The largest absolute Gasteiger partial charge is 0.394 e. The number of aliphatic hydroxyl groups excluding tert-OH is 4. The number of nitrogens with one attached hydrogen (secondary N) is 1. The lowest BCUT2D eigenvalue weighted by Gasteiger charge is -2.40. The van der Waals surface area contributed by atoms with E-state index in [1.165, 1.54) is 10.6 Å². The molecule has 1 aliphatic rings. The monoisotopic (exact) mass is 323 g/mol. The van der Waals surface area contributed by atoms with E-state index in [-0.39, 0.29) is 5.69 Å². The third-order valence-electron chi connectivity index (χ3n) is 3.80. The van der Waals surface area contributed by atoms with Crippen LogP contribution in [-0.4, -0.2) is 67.1 Å². The average molecular weight is 323 g/mol. The van der Waals surface area contributed by atoms with Gasteiger partial charge in [0.05, 0.1) is 12.8 Å². The number of nitrogens with zero attached hydrogens (tertiary/aromatic N) is 2. The van der Waals surface area contributed by atoms with Crippen LogP contribution in [-0.2, 0) is 4.74 Å². The van der Waals surface area contributed by atoms with Crippen molar-refractivity contribution >= 4 is 11.3 Å². The van der Waals surface area contributed by atoms with Gasteiger partial charge in [-0.05, 0) is 12.1 Å². The van der Waals surface area contributed by atoms with Gasteiger partial charge in [0.15, 0.2) is 6.23 Å². The molecule has 2 aromatic rings. The van der Waals surface area contributed by atoms with Crippen molar-refractivity contribution in [1.82, 2.24) is 9.38 Å². The summed E-state index contributed by atoms with van der Waals surface area (Å²) in [6.45, 7) is -0.544. The molecule has 5 atom stereocenters. The molecule has 1 unspecified atom stereocenters. The van der Waals surface area contributed by atoms with Gasteiger partial charge in [-0.2, -0.15) is 0 Å². The van der Waals surface area contributed by atoms with Crippen molar-refractivity contribution in [3.63, 3.8) is 0 Å². The third-order valence-corrected chi connectivity index (χ3v) is 3.80. The first-order valence-electron chi connectivity index (χ1n) is 7.06. The van der Waals surface area contributed by atoms with Crippen molar-refractivity contribution < 1.29 is 25.2 Å². The first-order chi connectivity index (χ1) is 11.0. The van der Waals surface area contributed by atoms with E-state index < -0.39 is 42.8 Å². The lowest BCUT2D eigenvalue weighted by molar-refractivity contribution is -0.221. The fourth-order valence-electron chi connectivity index (χ4n) is 2.50. The fraction of sp³-hybridized carbons (Fsp3) is 0.429. The van der Waals surface area contributed by atoms with Gasteiger partial charge in [0, 0.05) is 6.20 Å². The van der Waals surface area contributed by atoms with Crippen molar-refractivity contribution in [3.05, 3.63) is 40.9 Å². The second kappa shape index (κ2) is 6.22. The molecule has 3 heterocycles. The molecule has 0 aromatic carbocycles. The molecule has 1 saturated heterocycles. The number of aliphatic hydroxyl groups is 4. The molecule has 3 rings (SSSR count). The maximum atomic E-state index is 12.4. The van der Waals surface area contributed by atoms with E-state index in [0.29, 0.717) is 5.65 Å². The zero-order chi connectivity index (χ0) is 16.6. The van der Waals surface area contributed by atoms with Gasteiger partial charge in [0.25, 0.3) is 5.56 Å². The van der Waals surface area contributed by atoms with Crippen LogP contribution in [0, 0.1) is 0 Å². The van der Waals surface area contributed by atoms with E-state index in [0.717, 1.165) is 0 Å². The number of aromatic nitrogens is 2. The van der Waals surface area contributed by atoms with Crippen molar-refractivity contribution in [3.8, 4) is 0 Å². The predicted molar refractivity (Wildman–Crippen MR) is 78.9 cm³/mol. The summed E-state index contributed by atoms with van der Waals surface area (Å²) in [7, 11) is 0. The molecular weight excluding hydrogens is 306 g/mol. The Kier molecular flexibility index (Phi) is 4.28. The van der Waals surface area contributed by atoms with E-state index in [9.17, 15) is 20.1 Å². The first-order valence-corrected chi connectivity index (χ1v) is 7.06. The van der Waals surface area contributed by atoms with Gasteiger partial charge in [-0.15, -0.1) is 0 Å². The zero-order valence-corrected chi connectivity index (χ0v) is 12.0. The fourth-order valence-corrected chi connectivity index (χ4v) is 2.50. The Morgan fingerprint density at radius 3 is 2.74 bits per heavy atom. The van der Waals surface area contributed by atoms with Gasteiger partial charge in [-0.3, -0.25) is 9.20 Å². The Labute approximate surface area is 130 Å². The summed E-state index contributed by atoms with van der Waals surface area (Å²) >= 11 is 0. The minimum Gasteiger partial charge on any atom is -0.394 e. The summed E-state index contributed by atoms with van der Waals surface area (Å²) in [5.41, 5.74) is 0.0995. The van der Waals surface area contributed by atoms with Crippen molar-refractivity contribution in [2.75, 3.05) is 11.9 Å². The molecular formula is C14H17N3O6. The van der Waals surface area contributed by atoms with E-state index in [1.807, 2.05) is 0 Å². The van der Waals surface area contributed by atoms with Gasteiger partial charge in [-0.1, -0.05) is 6.07 Å². The van der Waals surface area contributed by atoms with Crippen LogP contribution in [0.2, 0.25) is 0 Å². The van der Waals surface area contributed by atoms with Crippen LogP contribution < -0.4 is 10.9 Å². The molecule has 0 bridgehead atoms. The normalized spacial score (nSPS) is 31.2. The molecule has 9 nitrogen and oxygen atoms in total. The smallest absolute Gasteiger partial charge is 0.281 e. The summed E-state index contributed by atoms with van der Waals surface area (Å²) in [6, 6.07) is 5.08. The number of pyridine rings is 1. The number of rotatable bonds is 3. The van der Waals surface area contributed by atoms with Crippen LogP contribution in [0.3, 0.4) is 0 Å². The molecule has 0 amide bonds. The molecule has 0 spiro atoms. The standard InChI is InChI=1S/C14H17N3O6/c18-6-8-10(19)11(20)12(21)13(23-8)16-7-5-15-9-3-1-2-4-17(9)14(7)22/h1-5,8,10-13,16,18-21H,6H2/t8-,10-,11+,12+,13?/m1/s1. The maximum Gasteiger partial charge on any atom is 0.281 e. The molecule has 5 N–H and O–H groups in total. The van der Waals surface area contributed by atoms with E-state index in [4.69, 9.17) is 9.84 Å². The first kappa shape index (κ1) is 15.8. The van der Waals surface area contributed by atoms with Crippen molar-refractivity contribution in [2.45, 2.75) is 30.6 Å². The summed E-state index contributed by atoms with van der Waals surface area (Å²) in [5.74, 6) is 0. The number of fused-ring (bicyclic) bond motifs is 1. The van der Waals surface area contributed by atoms with E-state index in [2.05, 4.69) is 10.3 Å². The Hall–Kier alpha value is -2.04. The average Bonchev–Trinajstić information content (AvgIpc) is 2.57. The molecule has 1 fully saturated rings. The Morgan fingerprint density at radius 2 is 2.00 bits per heavy atom. The second-order valence-electron chi connectivity index (χ2n) is 5.30. The summed E-state index contributed by atoms with van der Waals surface area (Å²) in [4.78, 5) is 16.5. The minimum atomic E-state index is -1.52. The van der Waals surface area contributed by atoms with Crippen LogP contribution in [0.4, 0.5) is 5.69 Å². The molecule has 124 valence electrons. The highest BCUT2D eigenvalue weighted by molar-refractivity contribution is 5.47. The van der Waals surface area contributed by atoms with Gasteiger partial charge in [0.1, 0.15) is 35.8 Å². The number of hydrogen-bond acceptors (Lipinski definition) is 8. The second-order valence-corrected chi connectivity index (χ2v) is 5.30. The molecule has 1 aliphatic heterocycles. The van der Waals surface area contributed by atoms with Gasteiger partial charge >= 0.3 is 0 Å². The van der Waals surface area contributed by atoms with E-state index >= 15 is 0 Å². The number of anilines is 1. The molecule has 2 aromatic heterocycles. The Balaban J connectivity index is 1.89. The van der Waals surface area contributed by atoms with Gasteiger partial charge in [0.2, 0.25) is 0 Å². The topological polar surface area (TPSA) is 137 Å². The lowest BCUT2D eigenvalue weighted by atomic mass is 9.98. The molecule has 0 saturated carbocycles. The highest BCUT2D eigenvalue weighted by Crippen LogP contribution is 2.21. The van der Waals surface area contributed by atoms with Crippen LogP contribution in [0.1, 0.15) is 0 Å². The van der Waals surface area contributed by atoms with Gasteiger partial charge < -0.3 is 30.5 Å². The van der Waals surface area contributed by atoms with Crippen LogP contribution >= 0.6 is 0 Å². The minimum absolute atomic E-state index is 0.0537. The molecule has 9 heteroatoms. The van der Waals surface area contributed by atoms with Crippen molar-refractivity contribution in [1.29, 1.82) is 0 Å². The lowest BCUT2D eigenvalue weighted by Crippen LogP contribution is -2.60. The zero-order valence-electron chi connectivity index (χ0n) is 12.0. The Bertz CT molecular complexity index is 749. The SMILES string of the molecule is O=c1c(NC2O[C@H](CO)[C@@H](O)[C@H](O)[C@@H]2O)cnc2ccccn12. The molecule has 23 heavy (non-hydrogen) atoms. The summed E-state index contributed by atoms with van der Waals surface area (Å²) in [6.07, 6.45) is -3.85. The quantitative estimate of drug-likeness (QED) is 0.433. The van der Waals surface area contributed by atoms with Crippen LogP contribution in [0.15, 0.2) is 35.4 Å². The van der Waals surface area contributed by atoms with Gasteiger partial charge in [-0.25, -0.2) is 4.98 Å². The highest BCUT2D eigenvalue weighted by atomic mass is 16.6. The number of ether oxygens (including phenoxy) is 1. The summed E-state index contributed by atoms with van der Waals surface area (Å²) in [5, 5.41) is 41.3. The molecule has 0 radical (unpaired) electrons. The van der Waals surface area contributed by atoms with E-state index in [1.54, 1.807) is 24.4 Å². The summed E-state index contributed by atoms with van der Waals surface area (Å²) < 4.78 is 6.62. The Morgan fingerprint density at radius 1 is 1.22 bits per heavy atom. The maximum absolute atomic E-state index is 12.4. The number of hydrogen-bond donors (Lipinski definition) is 5. The predicted octanol–water partition coefficient (Wildman–Crippen LogP) is -2.09. The third kappa shape index (κ3) is 2.80. The van der Waals surface area contributed by atoms with Crippen LogP contribution in [0.25, 0.3) is 5.65 Å². The highest BCUT2D eigenvalue weighted by Gasteiger charge is 2.43. The molecule has 0 aliphatic carbocycles. The van der Waals surface area contributed by atoms with Crippen LogP contribution in [0.5, 0.6) is 0 Å².